The number of hydrogen-bond acceptors (Lipinski definition) is 4. The molecule has 0 fully saturated rings. The van der Waals surface area contributed by atoms with Crippen molar-refractivity contribution in [1.29, 1.82) is 0 Å². The summed E-state index contributed by atoms with van der Waals surface area (Å²) >= 11 is 1.20. The van der Waals surface area contributed by atoms with Crippen molar-refractivity contribution in [2.75, 3.05) is 0 Å². The maximum Gasteiger partial charge on any atom is 0.252 e. The predicted molar refractivity (Wildman–Crippen MR) is 97.1 cm³/mol. The van der Waals surface area contributed by atoms with Crippen LogP contribution in [0.15, 0.2) is 39.3 Å². The van der Waals surface area contributed by atoms with Crippen molar-refractivity contribution < 1.29 is 8.42 Å². The molecule has 7 heteroatoms. The van der Waals surface area contributed by atoms with Gasteiger partial charge in [-0.2, -0.15) is 0 Å². The Morgan fingerprint density at radius 3 is 2.54 bits per heavy atom. The van der Waals surface area contributed by atoms with Crippen LogP contribution in [0.2, 0.25) is 0 Å². The molecule has 2 N–H and O–H groups in total. The molecular weight excluding hydrogens is 344 g/mol. The minimum atomic E-state index is -3.61. The van der Waals surface area contributed by atoms with Gasteiger partial charge in [-0.3, -0.25) is 4.79 Å². The van der Waals surface area contributed by atoms with Crippen LogP contribution in [0.1, 0.15) is 21.6 Å². The number of aryl methyl sites for hydroxylation is 3. The number of benzene rings is 1. The van der Waals surface area contributed by atoms with E-state index in [0.29, 0.717) is 5.56 Å². The topological polar surface area (TPSA) is 79.0 Å². The number of rotatable bonds is 4. The molecule has 0 aliphatic heterocycles. The number of hydrogen-bond donors (Lipinski definition) is 2. The zero-order valence-electron chi connectivity index (χ0n) is 13.6. The molecule has 0 bridgehead atoms. The molecule has 126 valence electrons. The van der Waals surface area contributed by atoms with E-state index in [-0.39, 0.29) is 16.3 Å². The molecule has 1 aromatic carbocycles. The van der Waals surface area contributed by atoms with Crippen molar-refractivity contribution in [2.24, 2.45) is 0 Å². The normalized spacial score (nSPS) is 12.0. The van der Waals surface area contributed by atoms with E-state index >= 15 is 0 Å². The summed E-state index contributed by atoms with van der Waals surface area (Å²) in [7, 11) is -3.61. The zero-order valence-corrected chi connectivity index (χ0v) is 15.3. The highest BCUT2D eigenvalue weighted by Gasteiger charge is 2.17. The van der Waals surface area contributed by atoms with E-state index in [9.17, 15) is 13.2 Å². The zero-order chi connectivity index (χ0) is 17.5. The first-order valence-electron chi connectivity index (χ1n) is 7.46. The average Bonchev–Trinajstić information content (AvgIpc) is 2.97. The van der Waals surface area contributed by atoms with E-state index in [4.69, 9.17) is 0 Å². The molecule has 0 amide bonds. The lowest BCUT2D eigenvalue weighted by Gasteiger charge is -2.08. The number of aromatic nitrogens is 1. The largest absolute Gasteiger partial charge is 0.321 e. The average molecular weight is 362 g/mol. The number of fused-ring (bicyclic) bond motifs is 1. The van der Waals surface area contributed by atoms with Gasteiger partial charge in [0, 0.05) is 17.0 Å². The second kappa shape index (κ2) is 6.16. The number of thiophene rings is 1. The van der Waals surface area contributed by atoms with Gasteiger partial charge < -0.3 is 4.98 Å². The molecule has 0 saturated carbocycles. The Labute approximate surface area is 144 Å². The van der Waals surface area contributed by atoms with Crippen LogP contribution in [0, 0.1) is 20.8 Å². The van der Waals surface area contributed by atoms with Gasteiger partial charge in [0.05, 0.1) is 5.52 Å². The third kappa shape index (κ3) is 3.15. The monoisotopic (exact) mass is 362 g/mol. The van der Waals surface area contributed by atoms with Gasteiger partial charge in [-0.1, -0.05) is 12.1 Å². The number of H-pyrrole nitrogens is 1. The molecule has 3 rings (SSSR count). The molecular formula is C17H18N2O3S2. The number of sulfonamides is 1. The molecule has 0 spiro atoms. The van der Waals surface area contributed by atoms with Crippen LogP contribution in [0.25, 0.3) is 10.9 Å². The van der Waals surface area contributed by atoms with Crippen molar-refractivity contribution in [1.82, 2.24) is 9.71 Å². The Morgan fingerprint density at radius 1 is 1.12 bits per heavy atom. The fourth-order valence-corrected chi connectivity index (χ4v) is 4.84. The molecule has 0 atom stereocenters. The first-order valence-corrected chi connectivity index (χ1v) is 9.76. The highest BCUT2D eigenvalue weighted by molar-refractivity contribution is 7.91. The minimum Gasteiger partial charge on any atom is -0.321 e. The molecule has 0 radical (unpaired) electrons. The molecule has 5 nitrogen and oxygen atoms in total. The first-order chi connectivity index (χ1) is 11.3. The van der Waals surface area contributed by atoms with Crippen LogP contribution in [0.5, 0.6) is 0 Å². The number of nitrogens with one attached hydrogen (secondary N) is 2. The number of pyridine rings is 1. The second-order valence-electron chi connectivity index (χ2n) is 5.79. The predicted octanol–water partition coefficient (Wildman–Crippen LogP) is 2.99. The Morgan fingerprint density at radius 2 is 1.88 bits per heavy atom. The van der Waals surface area contributed by atoms with Crippen LogP contribution in [-0.4, -0.2) is 13.4 Å². The van der Waals surface area contributed by atoms with E-state index in [1.807, 2.05) is 32.9 Å². The molecule has 3 aromatic rings. The standard InChI is InChI=1S/C17H18N2O3S2/c1-10-4-6-13-8-14(17(20)19-16(13)12(10)3)9-18-24(21,22)15-7-5-11(2)23-15/h4-8,18H,9H2,1-3H3,(H,19,20). The minimum absolute atomic E-state index is 0.0442. The second-order valence-corrected chi connectivity index (χ2v) is 9.07. The number of aromatic amines is 1. The molecule has 0 aliphatic rings. The SMILES string of the molecule is Cc1ccc(S(=O)(=O)NCc2cc3ccc(C)c(C)c3[nH]c2=O)s1. The van der Waals surface area contributed by atoms with Crippen LogP contribution < -0.4 is 10.3 Å². The Bertz CT molecular complexity index is 1080. The Kier molecular flexibility index (Phi) is 4.33. The first kappa shape index (κ1) is 16.9. The van der Waals surface area contributed by atoms with Crippen LogP contribution in [0.4, 0.5) is 0 Å². The molecule has 24 heavy (non-hydrogen) atoms. The van der Waals surface area contributed by atoms with Gasteiger partial charge in [0.25, 0.3) is 5.56 Å². The lowest BCUT2D eigenvalue weighted by Crippen LogP contribution is -2.26. The third-order valence-corrected chi connectivity index (χ3v) is 6.95. The lowest BCUT2D eigenvalue weighted by atomic mass is 10.0. The van der Waals surface area contributed by atoms with Gasteiger partial charge in [0.2, 0.25) is 10.0 Å². The summed E-state index contributed by atoms with van der Waals surface area (Å²) in [6.45, 7) is 5.74. The van der Waals surface area contributed by atoms with Crippen LogP contribution in [0.3, 0.4) is 0 Å². The van der Waals surface area contributed by atoms with Crippen LogP contribution >= 0.6 is 11.3 Å². The van der Waals surface area contributed by atoms with Gasteiger partial charge in [-0.05, 0) is 55.5 Å². The third-order valence-electron chi connectivity index (χ3n) is 4.06. The molecule has 0 aliphatic carbocycles. The van der Waals surface area contributed by atoms with Gasteiger partial charge in [-0.15, -0.1) is 11.3 Å². The molecule has 2 heterocycles. The quantitative estimate of drug-likeness (QED) is 0.749. The fourth-order valence-electron chi connectivity index (χ4n) is 2.50. The summed E-state index contributed by atoms with van der Waals surface area (Å²) in [5.74, 6) is 0. The summed E-state index contributed by atoms with van der Waals surface area (Å²) < 4.78 is 27.3. The highest BCUT2D eigenvalue weighted by atomic mass is 32.2. The molecule has 2 aromatic heterocycles. The summed E-state index contributed by atoms with van der Waals surface area (Å²) in [5.41, 5.74) is 3.02. The summed E-state index contributed by atoms with van der Waals surface area (Å²) in [5, 5.41) is 0.888. The molecule has 0 unspecified atom stereocenters. The van der Waals surface area contributed by atoms with Crippen LogP contribution in [-0.2, 0) is 16.6 Å². The van der Waals surface area contributed by atoms with E-state index in [0.717, 1.165) is 26.9 Å². The van der Waals surface area contributed by atoms with Crippen molar-refractivity contribution >= 4 is 32.3 Å². The highest BCUT2D eigenvalue weighted by Crippen LogP contribution is 2.21. The molecule has 0 saturated heterocycles. The Balaban J connectivity index is 1.92. The summed E-state index contributed by atoms with van der Waals surface area (Å²) in [6, 6.07) is 8.97. The maximum atomic E-state index is 12.3. The Hall–Kier alpha value is -1.96. The summed E-state index contributed by atoms with van der Waals surface area (Å²) in [6.07, 6.45) is 0. The summed E-state index contributed by atoms with van der Waals surface area (Å²) in [4.78, 5) is 16.0. The van der Waals surface area contributed by atoms with E-state index in [2.05, 4.69) is 9.71 Å². The lowest BCUT2D eigenvalue weighted by molar-refractivity contribution is 0.583. The van der Waals surface area contributed by atoms with Gasteiger partial charge in [0.1, 0.15) is 4.21 Å². The van der Waals surface area contributed by atoms with Crippen molar-refractivity contribution in [2.45, 2.75) is 31.5 Å². The van der Waals surface area contributed by atoms with Gasteiger partial charge in [0.15, 0.2) is 0 Å². The van der Waals surface area contributed by atoms with Crippen molar-refractivity contribution in [3.63, 3.8) is 0 Å². The van der Waals surface area contributed by atoms with Crippen molar-refractivity contribution in [3.05, 3.63) is 62.3 Å². The van der Waals surface area contributed by atoms with Crippen molar-refractivity contribution in [3.8, 4) is 0 Å². The van der Waals surface area contributed by atoms with E-state index in [1.165, 1.54) is 11.3 Å². The van der Waals surface area contributed by atoms with E-state index < -0.39 is 10.0 Å². The fraction of sp³-hybridized carbons (Fsp3) is 0.235. The van der Waals surface area contributed by atoms with Gasteiger partial charge >= 0.3 is 0 Å². The van der Waals surface area contributed by atoms with E-state index in [1.54, 1.807) is 18.2 Å². The maximum absolute atomic E-state index is 12.3. The van der Waals surface area contributed by atoms with Gasteiger partial charge in [-0.25, -0.2) is 13.1 Å². The smallest absolute Gasteiger partial charge is 0.252 e.